The predicted octanol–water partition coefficient (Wildman–Crippen LogP) is 1.84. The molecule has 0 bridgehead atoms. The second-order valence-electron chi connectivity index (χ2n) is 4.83. The summed E-state index contributed by atoms with van der Waals surface area (Å²) in [5, 5.41) is 0. The van der Waals surface area contributed by atoms with Crippen molar-refractivity contribution in [3.05, 3.63) is 27.4 Å². The Labute approximate surface area is 102 Å². The zero-order chi connectivity index (χ0) is 12.3. The molecule has 0 amide bonds. The van der Waals surface area contributed by atoms with E-state index in [1.807, 2.05) is 0 Å². The number of hydrogen-bond donors (Lipinski definition) is 2. The van der Waals surface area contributed by atoms with Gasteiger partial charge in [0.2, 0.25) is 0 Å². The molecule has 1 aliphatic rings. The summed E-state index contributed by atoms with van der Waals surface area (Å²) in [6, 6.07) is -0.138. The second-order valence-corrected chi connectivity index (χ2v) is 4.83. The standard InChI is InChI=1S/C13H21N3O/c1-2-6-10(14)12-15-11-8-5-3-4-7-9(11)13(17)16-12/h10H,2-8,14H2,1H3,(H,15,16,17). The molecule has 1 atom stereocenters. The highest BCUT2D eigenvalue weighted by Gasteiger charge is 2.16. The molecule has 0 fully saturated rings. The molecule has 2 rings (SSSR count). The first-order chi connectivity index (χ1) is 8.22. The van der Waals surface area contributed by atoms with Crippen molar-refractivity contribution in [1.82, 2.24) is 9.97 Å². The molecule has 0 aromatic carbocycles. The van der Waals surface area contributed by atoms with Crippen LogP contribution in [0.5, 0.6) is 0 Å². The number of H-pyrrole nitrogens is 1. The molecule has 1 heterocycles. The van der Waals surface area contributed by atoms with Crippen LogP contribution in [0.25, 0.3) is 0 Å². The Morgan fingerprint density at radius 2 is 2.12 bits per heavy atom. The molecular weight excluding hydrogens is 214 g/mol. The van der Waals surface area contributed by atoms with Gasteiger partial charge in [-0.15, -0.1) is 0 Å². The number of nitrogens with zero attached hydrogens (tertiary/aromatic N) is 1. The van der Waals surface area contributed by atoms with Crippen LogP contribution in [0.2, 0.25) is 0 Å². The lowest BCUT2D eigenvalue weighted by molar-refractivity contribution is 0.593. The van der Waals surface area contributed by atoms with Crippen molar-refractivity contribution in [1.29, 1.82) is 0 Å². The average Bonchev–Trinajstić information content (AvgIpc) is 2.54. The van der Waals surface area contributed by atoms with Crippen LogP contribution in [0, 0.1) is 0 Å². The van der Waals surface area contributed by atoms with Crippen LogP contribution in [0.4, 0.5) is 0 Å². The maximum absolute atomic E-state index is 12.0. The number of aryl methyl sites for hydroxylation is 1. The van der Waals surface area contributed by atoms with Gasteiger partial charge in [0.25, 0.3) is 5.56 Å². The first kappa shape index (κ1) is 12.3. The minimum Gasteiger partial charge on any atom is -0.321 e. The van der Waals surface area contributed by atoms with E-state index in [2.05, 4.69) is 16.9 Å². The molecule has 0 saturated heterocycles. The highest BCUT2D eigenvalue weighted by atomic mass is 16.1. The smallest absolute Gasteiger partial charge is 0.254 e. The van der Waals surface area contributed by atoms with E-state index in [-0.39, 0.29) is 11.6 Å². The van der Waals surface area contributed by atoms with Crippen LogP contribution in [0.3, 0.4) is 0 Å². The lowest BCUT2D eigenvalue weighted by Crippen LogP contribution is -2.24. The largest absolute Gasteiger partial charge is 0.321 e. The Morgan fingerprint density at radius 3 is 2.88 bits per heavy atom. The highest BCUT2D eigenvalue weighted by Crippen LogP contribution is 2.18. The zero-order valence-corrected chi connectivity index (χ0v) is 10.5. The minimum atomic E-state index is -0.138. The van der Waals surface area contributed by atoms with Crippen molar-refractivity contribution in [2.24, 2.45) is 5.73 Å². The fraction of sp³-hybridized carbons (Fsp3) is 0.692. The molecule has 3 N–H and O–H groups in total. The molecule has 0 radical (unpaired) electrons. The van der Waals surface area contributed by atoms with Gasteiger partial charge >= 0.3 is 0 Å². The van der Waals surface area contributed by atoms with Gasteiger partial charge < -0.3 is 10.7 Å². The summed E-state index contributed by atoms with van der Waals surface area (Å²) >= 11 is 0. The van der Waals surface area contributed by atoms with Crippen LogP contribution in [0.1, 0.15) is 62.2 Å². The number of fused-ring (bicyclic) bond motifs is 1. The molecule has 17 heavy (non-hydrogen) atoms. The van der Waals surface area contributed by atoms with Crippen LogP contribution in [-0.2, 0) is 12.8 Å². The summed E-state index contributed by atoms with van der Waals surface area (Å²) in [5.41, 5.74) is 7.90. The van der Waals surface area contributed by atoms with E-state index in [1.165, 1.54) is 6.42 Å². The fourth-order valence-corrected chi connectivity index (χ4v) is 2.42. The first-order valence-corrected chi connectivity index (χ1v) is 6.60. The average molecular weight is 235 g/mol. The summed E-state index contributed by atoms with van der Waals surface area (Å²) in [7, 11) is 0. The lowest BCUT2D eigenvalue weighted by Gasteiger charge is -2.12. The number of rotatable bonds is 3. The van der Waals surface area contributed by atoms with Crippen LogP contribution in [0.15, 0.2) is 4.79 Å². The topological polar surface area (TPSA) is 71.8 Å². The van der Waals surface area contributed by atoms with E-state index in [0.29, 0.717) is 5.82 Å². The van der Waals surface area contributed by atoms with Gasteiger partial charge in [0, 0.05) is 5.56 Å². The Balaban J connectivity index is 2.35. The van der Waals surface area contributed by atoms with E-state index in [4.69, 9.17) is 5.73 Å². The molecule has 0 saturated carbocycles. The van der Waals surface area contributed by atoms with Crippen LogP contribution in [-0.4, -0.2) is 9.97 Å². The van der Waals surface area contributed by atoms with Gasteiger partial charge in [-0.3, -0.25) is 4.79 Å². The third-order valence-corrected chi connectivity index (χ3v) is 3.41. The van der Waals surface area contributed by atoms with E-state index >= 15 is 0 Å². The monoisotopic (exact) mass is 235 g/mol. The summed E-state index contributed by atoms with van der Waals surface area (Å²) < 4.78 is 0. The molecule has 1 aliphatic carbocycles. The summed E-state index contributed by atoms with van der Waals surface area (Å²) in [6.07, 6.45) is 7.06. The van der Waals surface area contributed by atoms with E-state index in [1.54, 1.807) is 0 Å². The Morgan fingerprint density at radius 1 is 1.35 bits per heavy atom. The maximum atomic E-state index is 12.0. The number of hydrogen-bond acceptors (Lipinski definition) is 3. The van der Waals surface area contributed by atoms with E-state index < -0.39 is 0 Å². The summed E-state index contributed by atoms with van der Waals surface area (Å²) in [4.78, 5) is 19.4. The molecule has 1 unspecified atom stereocenters. The molecule has 0 aliphatic heterocycles. The number of nitrogens with one attached hydrogen (secondary N) is 1. The van der Waals surface area contributed by atoms with Crippen molar-refractivity contribution in [2.75, 3.05) is 0 Å². The number of aromatic amines is 1. The quantitative estimate of drug-likeness (QED) is 0.785. The summed E-state index contributed by atoms with van der Waals surface area (Å²) in [6.45, 7) is 2.08. The molecular formula is C13H21N3O. The Kier molecular flexibility index (Phi) is 3.94. The number of nitrogens with two attached hydrogens (primary N) is 1. The van der Waals surface area contributed by atoms with Crippen molar-refractivity contribution >= 4 is 0 Å². The van der Waals surface area contributed by atoms with Crippen LogP contribution >= 0.6 is 0 Å². The van der Waals surface area contributed by atoms with Gasteiger partial charge in [-0.1, -0.05) is 19.8 Å². The van der Waals surface area contributed by atoms with Crippen molar-refractivity contribution in [2.45, 2.75) is 57.9 Å². The Hall–Kier alpha value is -1.16. The fourth-order valence-electron chi connectivity index (χ4n) is 2.42. The Bertz CT molecular complexity index is 439. The molecule has 1 aromatic heterocycles. The lowest BCUT2D eigenvalue weighted by atomic mass is 10.1. The third kappa shape index (κ3) is 2.75. The van der Waals surface area contributed by atoms with Gasteiger partial charge in [0.1, 0.15) is 5.82 Å². The van der Waals surface area contributed by atoms with Crippen molar-refractivity contribution in [3.63, 3.8) is 0 Å². The second kappa shape index (κ2) is 5.45. The summed E-state index contributed by atoms with van der Waals surface area (Å²) in [5.74, 6) is 0.664. The maximum Gasteiger partial charge on any atom is 0.254 e. The highest BCUT2D eigenvalue weighted by molar-refractivity contribution is 5.20. The van der Waals surface area contributed by atoms with Gasteiger partial charge in [0.15, 0.2) is 0 Å². The first-order valence-electron chi connectivity index (χ1n) is 6.60. The predicted molar refractivity (Wildman–Crippen MR) is 68.0 cm³/mol. The normalized spacial score (nSPS) is 17.3. The SMILES string of the molecule is CCCC(N)c1nc2c(c(=O)[nH]1)CCCCC2. The van der Waals surface area contributed by atoms with Gasteiger partial charge in [-0.05, 0) is 32.1 Å². The van der Waals surface area contributed by atoms with Gasteiger partial charge in [0.05, 0.1) is 11.7 Å². The molecule has 0 spiro atoms. The van der Waals surface area contributed by atoms with Crippen molar-refractivity contribution < 1.29 is 0 Å². The molecule has 94 valence electrons. The molecule has 1 aromatic rings. The molecule has 4 nitrogen and oxygen atoms in total. The van der Waals surface area contributed by atoms with Gasteiger partial charge in [-0.2, -0.15) is 0 Å². The minimum absolute atomic E-state index is 0.0263. The zero-order valence-electron chi connectivity index (χ0n) is 10.5. The van der Waals surface area contributed by atoms with E-state index in [9.17, 15) is 4.79 Å². The van der Waals surface area contributed by atoms with Gasteiger partial charge in [-0.25, -0.2) is 4.98 Å². The molecule has 4 heteroatoms. The van der Waals surface area contributed by atoms with E-state index in [0.717, 1.165) is 49.8 Å². The van der Waals surface area contributed by atoms with Crippen molar-refractivity contribution in [3.8, 4) is 0 Å². The third-order valence-electron chi connectivity index (χ3n) is 3.41. The number of aromatic nitrogens is 2. The van der Waals surface area contributed by atoms with Crippen LogP contribution < -0.4 is 11.3 Å².